The van der Waals surface area contributed by atoms with Gasteiger partial charge in [-0.2, -0.15) is 0 Å². The minimum atomic E-state index is 0.599. The second-order valence-corrected chi connectivity index (χ2v) is 12.4. The van der Waals surface area contributed by atoms with E-state index in [1.54, 1.807) is 0 Å². The Morgan fingerprint density at radius 2 is 1.00 bits per heavy atom. The van der Waals surface area contributed by atoms with Gasteiger partial charge in [-0.15, -0.1) is 0 Å². The molecule has 230 valence electrons. The second kappa shape index (κ2) is 11.0. The number of oxazole rings is 1. The number of anilines is 3. The first-order valence-electron chi connectivity index (χ1n) is 16.4. The molecular weight excluding hydrogens is 601 g/mol. The largest absolute Gasteiger partial charge is 0.456 e. The molecule has 4 heteroatoms. The molecule has 0 fully saturated rings. The Balaban J connectivity index is 1.17. The average molecular weight is 629 g/mol. The molecule has 0 saturated carbocycles. The Morgan fingerprint density at radius 1 is 0.367 bits per heavy atom. The summed E-state index contributed by atoms with van der Waals surface area (Å²) in [5, 5.41) is 6.90. The molecule has 0 N–H and O–H groups in total. The van der Waals surface area contributed by atoms with Gasteiger partial charge in [-0.05, 0) is 93.3 Å². The van der Waals surface area contributed by atoms with Crippen molar-refractivity contribution in [3.05, 3.63) is 170 Å². The van der Waals surface area contributed by atoms with Gasteiger partial charge in [0.25, 0.3) is 0 Å². The number of furan rings is 1. The predicted molar refractivity (Wildman–Crippen MR) is 202 cm³/mol. The van der Waals surface area contributed by atoms with E-state index in [0.717, 1.165) is 61.2 Å². The van der Waals surface area contributed by atoms with Crippen LogP contribution in [-0.4, -0.2) is 4.98 Å². The Bertz CT molecular complexity index is 2830. The fourth-order valence-corrected chi connectivity index (χ4v) is 7.06. The number of fused-ring (bicyclic) bond motifs is 7. The lowest BCUT2D eigenvalue weighted by molar-refractivity contribution is 0.620. The minimum Gasteiger partial charge on any atom is -0.456 e. The number of rotatable bonds is 5. The highest BCUT2D eigenvalue weighted by Crippen LogP contribution is 2.42. The molecular formula is C45H28N2O2. The van der Waals surface area contributed by atoms with Crippen LogP contribution in [-0.2, 0) is 0 Å². The maximum Gasteiger partial charge on any atom is 0.227 e. The number of hydrogen-bond acceptors (Lipinski definition) is 4. The summed E-state index contributed by atoms with van der Waals surface area (Å²) in [6.07, 6.45) is 0. The van der Waals surface area contributed by atoms with Crippen LogP contribution in [0.15, 0.2) is 179 Å². The molecule has 0 atom stereocenters. The quantitative estimate of drug-likeness (QED) is 0.178. The predicted octanol–water partition coefficient (Wildman–Crippen LogP) is 12.8. The Hall–Kier alpha value is -6.65. The molecule has 0 spiro atoms. The summed E-state index contributed by atoms with van der Waals surface area (Å²) in [5.74, 6) is 0.599. The van der Waals surface area contributed by atoms with E-state index in [1.807, 2.05) is 36.4 Å². The molecule has 0 radical (unpaired) electrons. The van der Waals surface area contributed by atoms with Crippen LogP contribution >= 0.6 is 0 Å². The summed E-state index contributed by atoms with van der Waals surface area (Å²) in [4.78, 5) is 7.11. The van der Waals surface area contributed by atoms with Crippen molar-refractivity contribution in [2.75, 3.05) is 4.90 Å². The molecule has 8 aromatic carbocycles. The van der Waals surface area contributed by atoms with Gasteiger partial charge in [-0.1, -0.05) is 103 Å². The van der Waals surface area contributed by atoms with E-state index >= 15 is 0 Å². The van der Waals surface area contributed by atoms with E-state index in [0.29, 0.717) is 5.89 Å². The maximum absolute atomic E-state index is 6.40. The zero-order chi connectivity index (χ0) is 32.3. The molecule has 10 aromatic rings. The number of benzene rings is 8. The first-order chi connectivity index (χ1) is 24.2. The molecule has 0 amide bonds. The van der Waals surface area contributed by atoms with Crippen LogP contribution in [0.25, 0.3) is 77.2 Å². The zero-order valence-electron chi connectivity index (χ0n) is 26.4. The SMILES string of the molecule is c1ccc(-c2cccc(N(c3ccc4ccc5ccccc5c4c3)c3ccc4oc5cc6nc(-c7ccccc7)oc6cc5c4c3)c2)cc1. The molecule has 0 aliphatic rings. The third-order valence-corrected chi connectivity index (χ3v) is 9.44. The smallest absolute Gasteiger partial charge is 0.227 e. The first kappa shape index (κ1) is 27.5. The van der Waals surface area contributed by atoms with Crippen LogP contribution in [0.5, 0.6) is 0 Å². The summed E-state index contributed by atoms with van der Waals surface area (Å²) in [5.41, 5.74) is 9.55. The van der Waals surface area contributed by atoms with Crippen LogP contribution in [0.4, 0.5) is 17.1 Å². The number of nitrogens with zero attached hydrogens (tertiary/aromatic N) is 2. The van der Waals surface area contributed by atoms with E-state index in [9.17, 15) is 0 Å². The topological polar surface area (TPSA) is 42.4 Å². The lowest BCUT2D eigenvalue weighted by atomic mass is 10.0. The lowest BCUT2D eigenvalue weighted by Gasteiger charge is -2.26. The van der Waals surface area contributed by atoms with Gasteiger partial charge in [0.05, 0.1) is 0 Å². The molecule has 0 unspecified atom stereocenters. The number of hydrogen-bond donors (Lipinski definition) is 0. The van der Waals surface area contributed by atoms with Crippen molar-refractivity contribution < 1.29 is 8.83 Å². The molecule has 0 aliphatic heterocycles. The monoisotopic (exact) mass is 628 g/mol. The van der Waals surface area contributed by atoms with Crippen LogP contribution < -0.4 is 4.90 Å². The highest BCUT2D eigenvalue weighted by Gasteiger charge is 2.19. The molecule has 0 aliphatic carbocycles. The molecule has 10 rings (SSSR count). The van der Waals surface area contributed by atoms with Gasteiger partial charge in [0, 0.05) is 39.5 Å². The van der Waals surface area contributed by atoms with Gasteiger partial charge in [0.1, 0.15) is 16.7 Å². The van der Waals surface area contributed by atoms with E-state index < -0.39 is 0 Å². The van der Waals surface area contributed by atoms with Gasteiger partial charge in [0.15, 0.2) is 5.58 Å². The van der Waals surface area contributed by atoms with E-state index in [2.05, 4.69) is 138 Å². The van der Waals surface area contributed by atoms with Crippen LogP contribution in [0.1, 0.15) is 0 Å². The van der Waals surface area contributed by atoms with Gasteiger partial charge in [-0.3, -0.25) is 0 Å². The Morgan fingerprint density at radius 3 is 1.84 bits per heavy atom. The average Bonchev–Trinajstić information content (AvgIpc) is 3.75. The summed E-state index contributed by atoms with van der Waals surface area (Å²) in [7, 11) is 0. The third-order valence-electron chi connectivity index (χ3n) is 9.44. The van der Waals surface area contributed by atoms with Crippen molar-refractivity contribution in [1.29, 1.82) is 0 Å². The highest BCUT2D eigenvalue weighted by molar-refractivity contribution is 6.11. The lowest BCUT2D eigenvalue weighted by Crippen LogP contribution is -2.10. The molecule has 4 nitrogen and oxygen atoms in total. The first-order valence-corrected chi connectivity index (χ1v) is 16.4. The second-order valence-electron chi connectivity index (χ2n) is 12.4. The Labute approximate surface area is 282 Å². The van der Waals surface area contributed by atoms with Crippen molar-refractivity contribution in [3.63, 3.8) is 0 Å². The molecule has 49 heavy (non-hydrogen) atoms. The van der Waals surface area contributed by atoms with E-state index in [-0.39, 0.29) is 0 Å². The van der Waals surface area contributed by atoms with Gasteiger partial charge in [-0.25, -0.2) is 4.98 Å². The van der Waals surface area contributed by atoms with Crippen LogP contribution in [0.3, 0.4) is 0 Å². The van der Waals surface area contributed by atoms with Crippen molar-refractivity contribution in [2.45, 2.75) is 0 Å². The van der Waals surface area contributed by atoms with Crippen molar-refractivity contribution in [2.24, 2.45) is 0 Å². The van der Waals surface area contributed by atoms with Gasteiger partial charge < -0.3 is 13.7 Å². The highest BCUT2D eigenvalue weighted by atomic mass is 16.4. The summed E-state index contributed by atoms with van der Waals surface area (Å²) >= 11 is 0. The van der Waals surface area contributed by atoms with Crippen molar-refractivity contribution in [3.8, 4) is 22.6 Å². The molecule has 2 heterocycles. The summed E-state index contributed by atoms with van der Waals surface area (Å²) in [6.45, 7) is 0. The standard InChI is InChI=1S/C45H28N2O2/c1-3-10-29(11-4-1)33-15-9-16-34(24-33)47(35-21-20-31-19-18-30-12-7-8-17-37(30)38(31)25-35)36-22-23-42-39(26-36)40-27-44-41(28-43(40)48-42)46-45(49-44)32-13-5-2-6-14-32/h1-28H. The molecule has 2 aromatic heterocycles. The fourth-order valence-electron chi connectivity index (χ4n) is 7.06. The van der Waals surface area contributed by atoms with Crippen molar-refractivity contribution in [1.82, 2.24) is 4.98 Å². The van der Waals surface area contributed by atoms with Crippen LogP contribution in [0, 0.1) is 0 Å². The molecule has 0 bridgehead atoms. The van der Waals surface area contributed by atoms with Gasteiger partial charge >= 0.3 is 0 Å². The van der Waals surface area contributed by atoms with Crippen LogP contribution in [0.2, 0.25) is 0 Å². The maximum atomic E-state index is 6.40. The van der Waals surface area contributed by atoms with E-state index in [4.69, 9.17) is 13.8 Å². The zero-order valence-corrected chi connectivity index (χ0v) is 26.4. The Kier molecular flexibility index (Phi) is 6.15. The van der Waals surface area contributed by atoms with E-state index in [1.165, 1.54) is 27.1 Å². The minimum absolute atomic E-state index is 0.599. The summed E-state index contributed by atoms with van der Waals surface area (Å²) in [6, 6.07) is 59.5. The molecule has 0 saturated heterocycles. The number of aromatic nitrogens is 1. The third kappa shape index (κ3) is 4.65. The summed E-state index contributed by atoms with van der Waals surface area (Å²) < 4.78 is 12.7. The fraction of sp³-hybridized carbons (Fsp3) is 0. The van der Waals surface area contributed by atoms with Crippen molar-refractivity contribution >= 4 is 71.6 Å². The van der Waals surface area contributed by atoms with Gasteiger partial charge in [0.2, 0.25) is 5.89 Å². The normalized spacial score (nSPS) is 11.7.